The van der Waals surface area contributed by atoms with Crippen LogP contribution >= 0.6 is 11.3 Å². The number of thiophene rings is 1. The molecule has 1 aromatic heterocycles. The first-order chi connectivity index (χ1) is 9.88. The molecule has 1 fully saturated rings. The lowest BCUT2D eigenvalue weighted by Crippen LogP contribution is -2.37. The van der Waals surface area contributed by atoms with Gasteiger partial charge in [-0.15, -0.1) is 11.3 Å². The monoisotopic (exact) mass is 297 g/mol. The molecule has 2 heterocycles. The van der Waals surface area contributed by atoms with Gasteiger partial charge in [0.05, 0.1) is 19.3 Å². The van der Waals surface area contributed by atoms with Crippen molar-refractivity contribution in [2.75, 3.05) is 33.4 Å². The second kappa shape index (κ2) is 8.94. The van der Waals surface area contributed by atoms with Crippen molar-refractivity contribution >= 4 is 17.3 Å². The molecule has 0 aliphatic carbocycles. The van der Waals surface area contributed by atoms with E-state index in [0.29, 0.717) is 6.10 Å². The van der Waals surface area contributed by atoms with E-state index in [9.17, 15) is 0 Å². The van der Waals surface area contributed by atoms with Crippen LogP contribution in [0.2, 0.25) is 0 Å². The van der Waals surface area contributed by atoms with Gasteiger partial charge in [-0.25, -0.2) is 0 Å². The van der Waals surface area contributed by atoms with Gasteiger partial charge in [0.1, 0.15) is 0 Å². The Hall–Kier alpha value is -1.11. The Kier molecular flexibility index (Phi) is 6.83. The van der Waals surface area contributed by atoms with Gasteiger partial charge >= 0.3 is 0 Å². The topological polar surface area (TPSA) is 54.9 Å². The van der Waals surface area contributed by atoms with Gasteiger partial charge < -0.3 is 20.1 Å². The molecule has 20 heavy (non-hydrogen) atoms. The minimum atomic E-state index is 0.297. The lowest BCUT2D eigenvalue weighted by Gasteiger charge is -2.12. The maximum atomic E-state index is 5.71. The van der Waals surface area contributed by atoms with Crippen LogP contribution in [-0.4, -0.2) is 45.5 Å². The second-order valence-electron chi connectivity index (χ2n) is 4.64. The lowest BCUT2D eigenvalue weighted by atomic mass is 10.3. The van der Waals surface area contributed by atoms with Gasteiger partial charge in [-0.05, 0) is 24.3 Å². The number of hydrogen-bond acceptors (Lipinski definition) is 4. The highest BCUT2D eigenvalue weighted by Crippen LogP contribution is 2.08. The highest BCUT2D eigenvalue weighted by molar-refractivity contribution is 7.09. The molecule has 0 amide bonds. The van der Waals surface area contributed by atoms with Crippen molar-refractivity contribution in [1.82, 2.24) is 10.6 Å². The molecule has 1 unspecified atom stereocenters. The van der Waals surface area contributed by atoms with E-state index in [2.05, 4.69) is 33.1 Å². The molecule has 0 saturated carbocycles. The Morgan fingerprint density at radius 2 is 2.50 bits per heavy atom. The predicted octanol–water partition coefficient (Wildman–Crippen LogP) is 1.61. The summed E-state index contributed by atoms with van der Waals surface area (Å²) in [5, 5.41) is 8.66. The summed E-state index contributed by atoms with van der Waals surface area (Å²) in [6, 6.07) is 4.17. The zero-order valence-corrected chi connectivity index (χ0v) is 12.7. The number of aliphatic imine (C=N–C) groups is 1. The van der Waals surface area contributed by atoms with Crippen molar-refractivity contribution in [2.24, 2.45) is 4.99 Å². The first-order valence-electron chi connectivity index (χ1n) is 7.04. The van der Waals surface area contributed by atoms with Crippen molar-refractivity contribution in [1.29, 1.82) is 0 Å². The third kappa shape index (κ3) is 5.48. The fourth-order valence-corrected chi connectivity index (χ4v) is 2.62. The quantitative estimate of drug-likeness (QED) is 0.456. The van der Waals surface area contributed by atoms with Crippen LogP contribution in [0.3, 0.4) is 0 Å². The van der Waals surface area contributed by atoms with Gasteiger partial charge in [0.2, 0.25) is 0 Å². The molecule has 0 radical (unpaired) electrons. The molecule has 6 heteroatoms. The van der Waals surface area contributed by atoms with E-state index in [4.69, 9.17) is 9.47 Å². The van der Waals surface area contributed by atoms with E-state index in [-0.39, 0.29) is 0 Å². The number of rotatable bonds is 7. The molecule has 0 aromatic carbocycles. The number of nitrogens with one attached hydrogen (secondary N) is 2. The van der Waals surface area contributed by atoms with Gasteiger partial charge in [-0.2, -0.15) is 0 Å². The van der Waals surface area contributed by atoms with Crippen LogP contribution in [0.5, 0.6) is 0 Å². The Bertz CT molecular complexity index is 389. The van der Waals surface area contributed by atoms with E-state index in [0.717, 1.165) is 51.7 Å². The summed E-state index contributed by atoms with van der Waals surface area (Å²) >= 11 is 1.74. The van der Waals surface area contributed by atoms with E-state index < -0.39 is 0 Å². The van der Waals surface area contributed by atoms with Crippen molar-refractivity contribution < 1.29 is 9.47 Å². The van der Waals surface area contributed by atoms with Crippen LogP contribution in [0.1, 0.15) is 17.7 Å². The lowest BCUT2D eigenvalue weighted by molar-refractivity contribution is 0.0420. The molecule has 1 saturated heterocycles. The summed E-state index contributed by atoms with van der Waals surface area (Å²) in [7, 11) is 1.79. The number of guanidine groups is 1. The minimum absolute atomic E-state index is 0.297. The summed E-state index contributed by atoms with van der Waals surface area (Å²) in [5.41, 5.74) is 0. The van der Waals surface area contributed by atoms with Crippen LogP contribution in [-0.2, 0) is 16.0 Å². The van der Waals surface area contributed by atoms with Crippen molar-refractivity contribution in [3.05, 3.63) is 22.4 Å². The molecule has 1 aliphatic heterocycles. The summed E-state index contributed by atoms with van der Waals surface area (Å²) in [6.07, 6.45) is 2.29. The summed E-state index contributed by atoms with van der Waals surface area (Å²) in [4.78, 5) is 5.50. The minimum Gasteiger partial charge on any atom is -0.379 e. The Balaban J connectivity index is 1.52. The van der Waals surface area contributed by atoms with E-state index in [1.54, 1.807) is 18.4 Å². The van der Waals surface area contributed by atoms with Crippen LogP contribution in [0, 0.1) is 0 Å². The van der Waals surface area contributed by atoms with Gasteiger partial charge in [-0.3, -0.25) is 4.99 Å². The van der Waals surface area contributed by atoms with E-state index in [1.807, 2.05) is 0 Å². The first kappa shape index (κ1) is 15.3. The second-order valence-corrected chi connectivity index (χ2v) is 5.67. The van der Waals surface area contributed by atoms with Gasteiger partial charge in [0.15, 0.2) is 5.96 Å². The first-order valence-corrected chi connectivity index (χ1v) is 7.92. The number of hydrogen-bond donors (Lipinski definition) is 2. The van der Waals surface area contributed by atoms with Crippen LogP contribution in [0.15, 0.2) is 22.5 Å². The molecular formula is C14H23N3O2S. The van der Waals surface area contributed by atoms with Gasteiger partial charge in [0, 0.05) is 31.7 Å². The van der Waals surface area contributed by atoms with Crippen LogP contribution < -0.4 is 10.6 Å². The van der Waals surface area contributed by atoms with Crippen molar-refractivity contribution in [2.45, 2.75) is 25.5 Å². The standard InChI is InChI=1S/C14H23N3O2S/c1-15-14(17-10-13-4-2-9-20-13)16-6-3-7-19-12-5-8-18-11-12/h2,4,9,12H,3,5-8,10-11H2,1H3,(H2,15,16,17). The van der Waals surface area contributed by atoms with Crippen LogP contribution in [0.4, 0.5) is 0 Å². The van der Waals surface area contributed by atoms with Crippen LogP contribution in [0.25, 0.3) is 0 Å². The molecule has 112 valence electrons. The molecule has 5 nitrogen and oxygen atoms in total. The third-order valence-electron chi connectivity index (χ3n) is 3.09. The largest absolute Gasteiger partial charge is 0.379 e. The maximum absolute atomic E-state index is 5.71. The molecule has 1 aliphatic rings. The van der Waals surface area contributed by atoms with Gasteiger partial charge in [0.25, 0.3) is 0 Å². The average molecular weight is 297 g/mol. The maximum Gasteiger partial charge on any atom is 0.191 e. The highest BCUT2D eigenvalue weighted by Gasteiger charge is 2.15. The Labute approximate surface area is 124 Å². The SMILES string of the molecule is CN=C(NCCCOC1CCOC1)NCc1cccs1. The Morgan fingerprint density at radius 3 is 3.20 bits per heavy atom. The number of ether oxygens (including phenoxy) is 2. The molecule has 1 atom stereocenters. The molecular weight excluding hydrogens is 274 g/mol. The average Bonchev–Trinajstić information content (AvgIpc) is 3.14. The molecule has 2 N–H and O–H groups in total. The molecule has 1 aromatic rings. The molecule has 0 spiro atoms. The molecule has 0 bridgehead atoms. The van der Waals surface area contributed by atoms with E-state index >= 15 is 0 Å². The normalized spacial score (nSPS) is 19.2. The summed E-state index contributed by atoms with van der Waals surface area (Å²) in [5.74, 6) is 0.836. The zero-order valence-electron chi connectivity index (χ0n) is 11.9. The number of nitrogens with zero attached hydrogens (tertiary/aromatic N) is 1. The van der Waals surface area contributed by atoms with Crippen molar-refractivity contribution in [3.8, 4) is 0 Å². The fraction of sp³-hybridized carbons (Fsp3) is 0.643. The summed E-state index contributed by atoms with van der Waals surface area (Å²) < 4.78 is 11.0. The fourth-order valence-electron chi connectivity index (χ4n) is 1.98. The smallest absolute Gasteiger partial charge is 0.191 e. The zero-order chi connectivity index (χ0) is 14.0. The van der Waals surface area contributed by atoms with E-state index in [1.165, 1.54) is 4.88 Å². The Morgan fingerprint density at radius 1 is 1.55 bits per heavy atom. The summed E-state index contributed by atoms with van der Waals surface area (Å²) in [6.45, 7) is 4.02. The highest BCUT2D eigenvalue weighted by atomic mass is 32.1. The predicted molar refractivity (Wildman–Crippen MR) is 82.3 cm³/mol. The molecule has 2 rings (SSSR count). The third-order valence-corrected chi connectivity index (χ3v) is 3.97. The van der Waals surface area contributed by atoms with Crippen molar-refractivity contribution in [3.63, 3.8) is 0 Å². The van der Waals surface area contributed by atoms with Gasteiger partial charge in [-0.1, -0.05) is 6.07 Å².